The zero-order chi connectivity index (χ0) is 19.0. The smallest absolute Gasteiger partial charge is 0.256 e. The maximum absolute atomic E-state index is 13.1. The van der Waals surface area contributed by atoms with Crippen LogP contribution in [0.15, 0.2) is 48.0 Å². The summed E-state index contributed by atoms with van der Waals surface area (Å²) in [5.41, 5.74) is 3.92. The number of benzene rings is 2. The minimum absolute atomic E-state index is 0.0978. The Morgan fingerprint density at radius 3 is 2.85 bits per heavy atom. The Labute approximate surface area is 161 Å². The molecule has 2 aromatic carbocycles. The predicted octanol–water partition coefficient (Wildman–Crippen LogP) is 3.18. The molecule has 0 N–H and O–H groups in total. The number of thiazole rings is 1. The number of hydrogen-bond donors (Lipinski definition) is 0. The zero-order valence-corrected chi connectivity index (χ0v) is 15.9. The topological polar surface area (TPSA) is 62.7 Å². The van der Waals surface area contributed by atoms with Crippen LogP contribution in [0.5, 0.6) is 5.75 Å². The Bertz CT molecular complexity index is 1020. The molecular formula is C20H19N3O3S. The van der Waals surface area contributed by atoms with Crippen LogP contribution in [-0.2, 0) is 4.79 Å². The van der Waals surface area contributed by atoms with Gasteiger partial charge in [-0.1, -0.05) is 12.1 Å². The molecule has 0 aliphatic carbocycles. The lowest BCUT2D eigenvalue weighted by Gasteiger charge is -2.39. The Morgan fingerprint density at radius 2 is 2.04 bits per heavy atom. The summed E-state index contributed by atoms with van der Waals surface area (Å²) in [5.74, 6) is 0.471. The third-order valence-corrected chi connectivity index (χ3v) is 5.74. The number of anilines is 1. The molecule has 3 aromatic rings. The van der Waals surface area contributed by atoms with Gasteiger partial charge in [-0.3, -0.25) is 9.59 Å². The molecule has 1 atom stereocenters. The van der Waals surface area contributed by atoms with E-state index in [9.17, 15) is 9.59 Å². The number of carbonyl (C=O) groups is 2. The summed E-state index contributed by atoms with van der Waals surface area (Å²) in [5, 5.41) is 0. The second-order valence-electron chi connectivity index (χ2n) is 6.37. The van der Waals surface area contributed by atoms with Gasteiger partial charge in [-0.25, -0.2) is 4.98 Å². The third-order valence-electron chi connectivity index (χ3n) is 4.87. The summed E-state index contributed by atoms with van der Waals surface area (Å²) in [7, 11) is 1.60. The van der Waals surface area contributed by atoms with Gasteiger partial charge in [-0.05, 0) is 31.2 Å². The average molecular weight is 381 g/mol. The highest BCUT2D eigenvalue weighted by Gasteiger charge is 2.36. The Hall–Kier alpha value is -2.93. The van der Waals surface area contributed by atoms with Crippen LogP contribution in [0.4, 0.5) is 5.69 Å². The maximum Gasteiger partial charge on any atom is 0.256 e. The summed E-state index contributed by atoms with van der Waals surface area (Å²) in [6.45, 7) is 2.69. The lowest BCUT2D eigenvalue weighted by atomic mass is 10.1. The molecule has 27 heavy (non-hydrogen) atoms. The predicted molar refractivity (Wildman–Crippen MR) is 105 cm³/mol. The number of rotatable bonds is 3. The minimum Gasteiger partial charge on any atom is -0.497 e. The molecule has 6 nitrogen and oxygen atoms in total. The number of amides is 2. The van der Waals surface area contributed by atoms with E-state index in [1.54, 1.807) is 35.4 Å². The van der Waals surface area contributed by atoms with Gasteiger partial charge in [-0.2, -0.15) is 0 Å². The minimum atomic E-state index is -0.541. The van der Waals surface area contributed by atoms with E-state index in [-0.39, 0.29) is 11.8 Å². The highest BCUT2D eigenvalue weighted by atomic mass is 32.1. The van der Waals surface area contributed by atoms with Crippen LogP contribution in [0.25, 0.3) is 10.2 Å². The van der Waals surface area contributed by atoms with Crippen molar-refractivity contribution < 1.29 is 14.3 Å². The summed E-state index contributed by atoms with van der Waals surface area (Å²) in [6.07, 6.45) is 0. The number of aromatic nitrogens is 1. The molecule has 2 heterocycles. The first-order chi connectivity index (χ1) is 13.1. The highest BCUT2D eigenvalue weighted by Crippen LogP contribution is 2.27. The van der Waals surface area contributed by atoms with E-state index in [0.29, 0.717) is 24.4 Å². The van der Waals surface area contributed by atoms with E-state index in [1.807, 2.05) is 36.4 Å². The van der Waals surface area contributed by atoms with Crippen molar-refractivity contribution in [3.63, 3.8) is 0 Å². The highest BCUT2D eigenvalue weighted by molar-refractivity contribution is 7.17. The first-order valence-corrected chi connectivity index (χ1v) is 9.56. The monoisotopic (exact) mass is 381 g/mol. The van der Waals surface area contributed by atoms with E-state index in [1.165, 1.54) is 11.3 Å². The molecule has 1 aromatic heterocycles. The number of hydrogen-bond acceptors (Lipinski definition) is 5. The fraction of sp³-hybridized carbons (Fsp3) is 0.250. The van der Waals surface area contributed by atoms with E-state index in [0.717, 1.165) is 15.9 Å². The van der Waals surface area contributed by atoms with Gasteiger partial charge in [0.15, 0.2) is 0 Å². The normalized spacial score (nSPS) is 17.4. The molecule has 2 amide bonds. The first-order valence-electron chi connectivity index (χ1n) is 8.69. The van der Waals surface area contributed by atoms with E-state index >= 15 is 0 Å². The van der Waals surface area contributed by atoms with Crippen LogP contribution in [0, 0.1) is 0 Å². The van der Waals surface area contributed by atoms with Crippen molar-refractivity contribution in [3.8, 4) is 5.75 Å². The molecule has 0 saturated carbocycles. The van der Waals surface area contributed by atoms with Crippen molar-refractivity contribution >= 4 is 39.1 Å². The van der Waals surface area contributed by atoms with Gasteiger partial charge in [0.1, 0.15) is 11.8 Å². The SMILES string of the molecule is COc1cccc(N2CCN(C(=O)c3cccc4ncsc34)C(C)C2=O)c1. The van der Waals surface area contributed by atoms with Gasteiger partial charge in [0.25, 0.3) is 5.91 Å². The van der Waals surface area contributed by atoms with Gasteiger partial charge in [0.2, 0.25) is 5.91 Å². The number of carbonyl (C=O) groups excluding carboxylic acids is 2. The van der Waals surface area contributed by atoms with Crippen molar-refractivity contribution in [2.24, 2.45) is 0 Å². The Morgan fingerprint density at radius 1 is 1.22 bits per heavy atom. The van der Waals surface area contributed by atoms with Crippen molar-refractivity contribution in [1.29, 1.82) is 0 Å². The van der Waals surface area contributed by atoms with Crippen molar-refractivity contribution in [3.05, 3.63) is 53.5 Å². The number of methoxy groups -OCH3 is 1. The molecule has 1 fully saturated rings. The molecule has 4 rings (SSSR count). The second kappa shape index (κ2) is 7.00. The maximum atomic E-state index is 13.1. The van der Waals surface area contributed by atoms with Crippen LogP contribution in [0.2, 0.25) is 0 Å². The molecule has 1 unspecified atom stereocenters. The summed E-state index contributed by atoms with van der Waals surface area (Å²) in [4.78, 5) is 33.7. The van der Waals surface area contributed by atoms with Crippen LogP contribution in [0.1, 0.15) is 17.3 Å². The Balaban J connectivity index is 1.60. The van der Waals surface area contributed by atoms with Crippen LogP contribution >= 0.6 is 11.3 Å². The van der Waals surface area contributed by atoms with Crippen molar-refractivity contribution in [2.45, 2.75) is 13.0 Å². The second-order valence-corrected chi connectivity index (χ2v) is 7.23. The number of nitrogens with zero attached hydrogens (tertiary/aromatic N) is 3. The third kappa shape index (κ3) is 3.04. The van der Waals surface area contributed by atoms with Gasteiger partial charge < -0.3 is 14.5 Å². The molecule has 0 bridgehead atoms. The largest absolute Gasteiger partial charge is 0.497 e. The van der Waals surface area contributed by atoms with E-state index < -0.39 is 6.04 Å². The van der Waals surface area contributed by atoms with Gasteiger partial charge in [0.05, 0.1) is 28.4 Å². The van der Waals surface area contributed by atoms with Crippen molar-refractivity contribution in [1.82, 2.24) is 9.88 Å². The fourth-order valence-electron chi connectivity index (χ4n) is 3.39. The molecule has 7 heteroatoms. The summed E-state index contributed by atoms with van der Waals surface area (Å²) in [6, 6.07) is 12.4. The van der Waals surface area contributed by atoms with Gasteiger partial charge >= 0.3 is 0 Å². The number of piperazine rings is 1. The molecule has 1 saturated heterocycles. The standard InChI is InChI=1S/C20H19N3O3S/c1-13-19(24)23(14-5-3-6-15(11-14)26-2)10-9-22(13)20(25)16-7-4-8-17-18(16)27-12-21-17/h3-8,11-13H,9-10H2,1-2H3. The van der Waals surface area contributed by atoms with E-state index in [2.05, 4.69) is 4.98 Å². The molecule has 138 valence electrons. The quantitative estimate of drug-likeness (QED) is 0.699. The lowest BCUT2D eigenvalue weighted by Crippen LogP contribution is -2.57. The summed E-state index contributed by atoms with van der Waals surface area (Å²) >= 11 is 1.44. The average Bonchev–Trinajstić information content (AvgIpc) is 3.18. The van der Waals surface area contributed by atoms with Crippen LogP contribution in [0.3, 0.4) is 0 Å². The number of ether oxygens (including phenoxy) is 1. The zero-order valence-electron chi connectivity index (χ0n) is 15.1. The molecule has 0 spiro atoms. The van der Waals surface area contributed by atoms with E-state index in [4.69, 9.17) is 4.74 Å². The molecule has 0 radical (unpaired) electrons. The summed E-state index contributed by atoms with van der Waals surface area (Å²) < 4.78 is 6.11. The van der Waals surface area contributed by atoms with Gasteiger partial charge in [0, 0.05) is 24.8 Å². The Kier molecular flexibility index (Phi) is 4.53. The van der Waals surface area contributed by atoms with Crippen molar-refractivity contribution in [2.75, 3.05) is 25.1 Å². The lowest BCUT2D eigenvalue weighted by molar-refractivity contribution is -0.124. The number of fused-ring (bicyclic) bond motifs is 1. The van der Waals surface area contributed by atoms with Crippen LogP contribution < -0.4 is 9.64 Å². The molecule has 1 aliphatic heterocycles. The first kappa shape index (κ1) is 17.5. The molecular weight excluding hydrogens is 362 g/mol. The fourth-order valence-corrected chi connectivity index (χ4v) is 4.19. The van der Waals surface area contributed by atoms with Gasteiger partial charge in [-0.15, -0.1) is 11.3 Å². The molecule has 1 aliphatic rings. The van der Waals surface area contributed by atoms with Crippen LogP contribution in [-0.4, -0.2) is 47.9 Å².